The molecule has 3 aromatic rings. The van der Waals surface area contributed by atoms with Gasteiger partial charge in [0.05, 0.1) is 27.9 Å². The van der Waals surface area contributed by atoms with Crippen LogP contribution in [0.25, 0.3) is 10.9 Å². The molecule has 0 amide bonds. The van der Waals surface area contributed by atoms with E-state index < -0.39 is 0 Å². The summed E-state index contributed by atoms with van der Waals surface area (Å²) in [5.74, 6) is 0. The van der Waals surface area contributed by atoms with Crippen LogP contribution >= 0.6 is 15.9 Å². The first-order valence-electron chi connectivity index (χ1n) is 6.96. The van der Waals surface area contributed by atoms with Crippen molar-refractivity contribution >= 4 is 26.8 Å². The van der Waals surface area contributed by atoms with E-state index in [0.717, 1.165) is 22.2 Å². The van der Waals surface area contributed by atoms with Crippen LogP contribution in [0.5, 0.6) is 0 Å². The molecular weight excluding hydrogens is 328 g/mol. The van der Waals surface area contributed by atoms with Crippen molar-refractivity contribution in [1.82, 2.24) is 20.1 Å². The first-order chi connectivity index (χ1) is 10.2. The fourth-order valence-corrected chi connectivity index (χ4v) is 3.26. The summed E-state index contributed by atoms with van der Waals surface area (Å²) in [6.45, 7) is 2.99. The van der Waals surface area contributed by atoms with E-state index in [1.165, 1.54) is 10.9 Å². The van der Waals surface area contributed by atoms with Gasteiger partial charge in [0.15, 0.2) is 0 Å². The number of aryl methyl sites for hydroxylation is 1. The highest BCUT2D eigenvalue weighted by Gasteiger charge is 2.21. The maximum atomic E-state index is 4.45. The molecule has 21 heavy (non-hydrogen) atoms. The monoisotopic (exact) mass is 344 g/mol. The number of benzene rings is 1. The third kappa shape index (κ3) is 2.59. The lowest BCUT2D eigenvalue weighted by Gasteiger charge is -2.21. The molecule has 0 saturated carbocycles. The number of hydrogen-bond acceptors (Lipinski definition) is 3. The van der Waals surface area contributed by atoms with Crippen molar-refractivity contribution in [2.75, 3.05) is 6.54 Å². The van der Waals surface area contributed by atoms with E-state index in [-0.39, 0.29) is 6.04 Å². The quantitative estimate of drug-likeness (QED) is 0.788. The second kappa shape index (κ2) is 5.95. The molecule has 0 spiro atoms. The Hall–Kier alpha value is -1.72. The van der Waals surface area contributed by atoms with Gasteiger partial charge in [0, 0.05) is 18.6 Å². The van der Waals surface area contributed by atoms with Crippen molar-refractivity contribution in [2.45, 2.75) is 13.0 Å². The molecule has 3 rings (SSSR count). The minimum absolute atomic E-state index is 0.0739. The predicted molar refractivity (Wildman–Crippen MR) is 88.2 cm³/mol. The second-order valence-corrected chi connectivity index (χ2v) is 5.76. The van der Waals surface area contributed by atoms with Gasteiger partial charge in [0.2, 0.25) is 0 Å². The third-order valence-corrected chi connectivity index (χ3v) is 4.22. The van der Waals surface area contributed by atoms with Crippen LogP contribution in [0.15, 0.2) is 47.2 Å². The Kier molecular flexibility index (Phi) is 4.03. The lowest BCUT2D eigenvalue weighted by atomic mass is 9.98. The Labute approximate surface area is 132 Å². The molecule has 4 nitrogen and oxygen atoms in total. The van der Waals surface area contributed by atoms with Crippen molar-refractivity contribution in [3.63, 3.8) is 0 Å². The van der Waals surface area contributed by atoms with Crippen LogP contribution in [0.1, 0.15) is 24.2 Å². The van der Waals surface area contributed by atoms with Crippen molar-refractivity contribution < 1.29 is 0 Å². The molecule has 0 radical (unpaired) electrons. The van der Waals surface area contributed by atoms with Gasteiger partial charge in [0.1, 0.15) is 0 Å². The molecule has 0 aliphatic heterocycles. The molecule has 0 aliphatic rings. The summed E-state index contributed by atoms with van der Waals surface area (Å²) in [5.41, 5.74) is 3.34. The summed E-state index contributed by atoms with van der Waals surface area (Å²) in [6.07, 6.45) is 3.66. The number of nitrogens with zero attached hydrogens (tertiary/aromatic N) is 3. The standard InChI is InChI=1S/C16H17BrN4/c1-3-18-15(16-13(17)10-20-21(16)2)12-6-4-8-14-11(12)7-5-9-19-14/h4-10,15,18H,3H2,1-2H3. The number of aromatic nitrogens is 3. The smallest absolute Gasteiger partial charge is 0.0766 e. The molecule has 1 atom stereocenters. The van der Waals surface area contributed by atoms with Gasteiger partial charge in [0.25, 0.3) is 0 Å². The molecule has 0 aliphatic carbocycles. The maximum Gasteiger partial charge on any atom is 0.0766 e. The van der Waals surface area contributed by atoms with Crippen molar-refractivity contribution in [3.8, 4) is 0 Å². The lowest BCUT2D eigenvalue weighted by molar-refractivity contribution is 0.573. The molecule has 1 unspecified atom stereocenters. The molecule has 0 bridgehead atoms. The summed E-state index contributed by atoms with van der Waals surface area (Å²) < 4.78 is 2.92. The molecular formula is C16H17BrN4. The van der Waals surface area contributed by atoms with Crippen LogP contribution in [0.2, 0.25) is 0 Å². The van der Waals surface area contributed by atoms with Gasteiger partial charge in [-0.15, -0.1) is 0 Å². The molecule has 5 heteroatoms. The SMILES string of the molecule is CCNC(c1cccc2ncccc12)c1c(Br)cnn1C. The number of hydrogen-bond donors (Lipinski definition) is 1. The Morgan fingerprint density at radius 1 is 1.29 bits per heavy atom. The maximum absolute atomic E-state index is 4.45. The van der Waals surface area contributed by atoms with Gasteiger partial charge in [-0.05, 0) is 40.2 Å². The summed E-state index contributed by atoms with van der Waals surface area (Å²) in [7, 11) is 1.97. The summed E-state index contributed by atoms with van der Waals surface area (Å²) in [5, 5.41) is 9.06. The second-order valence-electron chi connectivity index (χ2n) is 4.91. The zero-order chi connectivity index (χ0) is 14.8. The molecule has 1 aromatic carbocycles. The number of nitrogens with one attached hydrogen (secondary N) is 1. The minimum Gasteiger partial charge on any atom is -0.305 e. The molecule has 0 saturated heterocycles. The number of halogens is 1. The van der Waals surface area contributed by atoms with E-state index in [2.05, 4.69) is 56.5 Å². The van der Waals surface area contributed by atoms with Gasteiger partial charge in [-0.3, -0.25) is 9.67 Å². The minimum atomic E-state index is 0.0739. The third-order valence-electron chi connectivity index (χ3n) is 3.61. The Balaban J connectivity index is 2.21. The topological polar surface area (TPSA) is 42.7 Å². The highest BCUT2D eigenvalue weighted by Crippen LogP contribution is 2.31. The van der Waals surface area contributed by atoms with Crippen LogP contribution in [0.3, 0.4) is 0 Å². The van der Waals surface area contributed by atoms with Crippen molar-refractivity contribution in [3.05, 3.63) is 58.5 Å². The van der Waals surface area contributed by atoms with Crippen molar-refractivity contribution in [2.24, 2.45) is 7.05 Å². The van der Waals surface area contributed by atoms with Gasteiger partial charge >= 0.3 is 0 Å². The Bertz CT molecular complexity index is 741. The van der Waals surface area contributed by atoms with Crippen LogP contribution in [0.4, 0.5) is 0 Å². The lowest BCUT2D eigenvalue weighted by Crippen LogP contribution is -2.25. The Morgan fingerprint density at radius 3 is 2.86 bits per heavy atom. The molecule has 1 N–H and O–H groups in total. The number of fused-ring (bicyclic) bond motifs is 1. The molecule has 2 aromatic heterocycles. The van der Waals surface area contributed by atoms with Crippen LogP contribution in [-0.4, -0.2) is 21.3 Å². The van der Waals surface area contributed by atoms with Gasteiger partial charge < -0.3 is 5.32 Å². The van der Waals surface area contributed by atoms with Gasteiger partial charge in [-0.1, -0.05) is 25.1 Å². The van der Waals surface area contributed by atoms with Crippen LogP contribution in [0, 0.1) is 0 Å². The van der Waals surface area contributed by atoms with Crippen LogP contribution in [-0.2, 0) is 7.05 Å². The highest BCUT2D eigenvalue weighted by atomic mass is 79.9. The average molecular weight is 345 g/mol. The molecule has 0 fully saturated rings. The van der Waals surface area contributed by atoms with Crippen molar-refractivity contribution in [1.29, 1.82) is 0 Å². The number of rotatable bonds is 4. The first kappa shape index (κ1) is 14.2. The zero-order valence-corrected chi connectivity index (χ0v) is 13.6. The zero-order valence-electron chi connectivity index (χ0n) is 12.0. The summed E-state index contributed by atoms with van der Waals surface area (Å²) >= 11 is 3.61. The molecule has 2 heterocycles. The van der Waals surface area contributed by atoms with E-state index >= 15 is 0 Å². The largest absolute Gasteiger partial charge is 0.305 e. The Morgan fingerprint density at radius 2 is 2.14 bits per heavy atom. The van der Waals surface area contributed by atoms with Gasteiger partial charge in [-0.2, -0.15) is 5.10 Å². The normalized spacial score (nSPS) is 12.7. The fourth-order valence-electron chi connectivity index (χ4n) is 2.68. The first-order valence-corrected chi connectivity index (χ1v) is 7.76. The fraction of sp³-hybridized carbons (Fsp3) is 0.250. The predicted octanol–water partition coefficient (Wildman–Crippen LogP) is 3.43. The van der Waals surface area contributed by atoms with E-state index in [9.17, 15) is 0 Å². The average Bonchev–Trinajstić information content (AvgIpc) is 2.84. The molecule has 108 valence electrons. The highest BCUT2D eigenvalue weighted by molar-refractivity contribution is 9.10. The van der Waals surface area contributed by atoms with E-state index in [0.29, 0.717) is 0 Å². The van der Waals surface area contributed by atoms with Crippen LogP contribution < -0.4 is 5.32 Å². The summed E-state index contributed by atoms with van der Waals surface area (Å²) in [6, 6.07) is 10.4. The van der Waals surface area contributed by atoms with E-state index in [1.807, 2.05) is 36.3 Å². The van der Waals surface area contributed by atoms with E-state index in [1.54, 1.807) is 0 Å². The van der Waals surface area contributed by atoms with E-state index in [4.69, 9.17) is 0 Å². The number of pyridine rings is 1. The summed E-state index contributed by atoms with van der Waals surface area (Å²) in [4.78, 5) is 4.45. The van der Waals surface area contributed by atoms with Gasteiger partial charge in [-0.25, -0.2) is 0 Å².